The van der Waals surface area contributed by atoms with Gasteiger partial charge in [-0.2, -0.15) is 4.98 Å². The monoisotopic (exact) mass is 549 g/mol. The van der Waals surface area contributed by atoms with Gasteiger partial charge in [-0.25, -0.2) is 18.1 Å². The Labute approximate surface area is 219 Å². The lowest BCUT2D eigenvalue weighted by molar-refractivity contribution is -0.275. The van der Waals surface area contributed by atoms with Crippen molar-refractivity contribution in [1.82, 2.24) is 14.7 Å². The van der Waals surface area contributed by atoms with E-state index in [-0.39, 0.29) is 12.5 Å². The van der Waals surface area contributed by atoms with Crippen LogP contribution in [0.5, 0.6) is 5.75 Å². The van der Waals surface area contributed by atoms with Gasteiger partial charge in [0, 0.05) is 24.5 Å². The maximum absolute atomic E-state index is 12.7. The Morgan fingerprint density at radius 2 is 1.53 bits per heavy atom. The fraction of sp³-hybridized carbons (Fsp3) is 0.462. The fourth-order valence-corrected chi connectivity index (χ4v) is 5.99. The molecule has 0 spiro atoms. The van der Waals surface area contributed by atoms with E-state index in [0.717, 1.165) is 67.4 Å². The Balaban J connectivity index is 1.13. The summed E-state index contributed by atoms with van der Waals surface area (Å²) in [6.07, 6.45) is 0.723. The Kier molecular flexibility index (Phi) is 7.62. The summed E-state index contributed by atoms with van der Waals surface area (Å²) in [6, 6.07) is 13.1. The molecule has 1 aromatic heterocycles. The molecule has 0 bridgehead atoms. The molecule has 2 aromatic carbocycles. The van der Waals surface area contributed by atoms with Crippen LogP contribution in [0, 0.1) is 11.8 Å². The van der Waals surface area contributed by atoms with Gasteiger partial charge in [-0.1, -0.05) is 24.3 Å². The maximum Gasteiger partial charge on any atom is 0.573 e. The molecule has 2 aliphatic carbocycles. The molecule has 0 radical (unpaired) electrons. The average Bonchev–Trinajstić information content (AvgIpc) is 3.70. The van der Waals surface area contributed by atoms with Crippen LogP contribution in [-0.2, 0) is 10.0 Å². The summed E-state index contributed by atoms with van der Waals surface area (Å²) >= 11 is 0. The minimum Gasteiger partial charge on any atom is -0.404 e. The molecular weight excluding hydrogens is 519 g/mol. The van der Waals surface area contributed by atoms with E-state index in [4.69, 9.17) is 4.98 Å². The molecule has 3 N–H and O–H groups in total. The number of halogens is 3. The number of benzene rings is 2. The normalized spacial score (nSPS) is 20.3. The second-order valence-electron chi connectivity index (χ2n) is 9.95. The van der Waals surface area contributed by atoms with Crippen LogP contribution in [0.15, 0.2) is 53.4 Å². The van der Waals surface area contributed by atoms with E-state index >= 15 is 0 Å². The second kappa shape index (κ2) is 10.9. The Hall–Kier alpha value is -3.12. The zero-order valence-corrected chi connectivity index (χ0v) is 21.5. The van der Waals surface area contributed by atoms with Crippen LogP contribution in [0.4, 0.5) is 24.9 Å². The van der Waals surface area contributed by atoms with Crippen molar-refractivity contribution in [3.63, 3.8) is 0 Å². The number of hydrogen-bond donors (Lipinski definition) is 3. The molecule has 0 aliphatic heterocycles. The molecule has 0 saturated heterocycles. The summed E-state index contributed by atoms with van der Waals surface area (Å²) < 4.78 is 69.8. The lowest BCUT2D eigenvalue weighted by atomic mass is 9.82. The van der Waals surface area contributed by atoms with E-state index in [1.165, 1.54) is 12.1 Å². The van der Waals surface area contributed by atoms with Crippen LogP contribution in [-0.4, -0.2) is 43.9 Å². The maximum atomic E-state index is 12.7. The number of para-hydroxylation sites is 2. The van der Waals surface area contributed by atoms with E-state index in [9.17, 15) is 21.6 Å². The van der Waals surface area contributed by atoms with Gasteiger partial charge in [-0.15, -0.1) is 13.2 Å². The van der Waals surface area contributed by atoms with Crippen LogP contribution >= 0.6 is 0 Å². The van der Waals surface area contributed by atoms with Crippen molar-refractivity contribution in [2.45, 2.75) is 55.8 Å². The van der Waals surface area contributed by atoms with E-state index in [1.807, 2.05) is 24.3 Å². The van der Waals surface area contributed by atoms with E-state index in [1.54, 1.807) is 0 Å². The van der Waals surface area contributed by atoms with Crippen molar-refractivity contribution in [3.8, 4) is 5.75 Å². The third kappa shape index (κ3) is 6.84. The topological polar surface area (TPSA) is 105 Å². The van der Waals surface area contributed by atoms with Gasteiger partial charge >= 0.3 is 6.36 Å². The zero-order valence-electron chi connectivity index (χ0n) is 20.7. The molecule has 2 fully saturated rings. The highest BCUT2D eigenvalue weighted by Gasteiger charge is 2.34. The predicted molar refractivity (Wildman–Crippen MR) is 138 cm³/mol. The van der Waals surface area contributed by atoms with Gasteiger partial charge in [-0.05, 0) is 74.6 Å². The Morgan fingerprint density at radius 1 is 0.868 bits per heavy atom. The minimum absolute atomic E-state index is 0.1000. The molecule has 8 nitrogen and oxygen atoms in total. The first-order valence-electron chi connectivity index (χ1n) is 12.8. The Bertz CT molecular complexity index is 1370. The molecule has 0 unspecified atom stereocenters. The third-order valence-electron chi connectivity index (χ3n) is 6.96. The van der Waals surface area contributed by atoms with Gasteiger partial charge in [0.2, 0.25) is 16.0 Å². The summed E-state index contributed by atoms with van der Waals surface area (Å²) in [5, 5.41) is 7.86. The number of nitrogens with one attached hydrogen (secondary N) is 3. The molecule has 204 valence electrons. The molecule has 0 atom stereocenters. The lowest BCUT2D eigenvalue weighted by Crippen LogP contribution is -2.33. The highest BCUT2D eigenvalue weighted by Crippen LogP contribution is 2.32. The van der Waals surface area contributed by atoms with Gasteiger partial charge in [0.15, 0.2) is 0 Å². The number of fused-ring (bicyclic) bond motifs is 1. The summed E-state index contributed by atoms with van der Waals surface area (Å²) in [5.74, 6) is 1.18. The summed E-state index contributed by atoms with van der Waals surface area (Å²) in [5.41, 5.74) is 0.881. The molecule has 2 saturated carbocycles. The largest absolute Gasteiger partial charge is 0.573 e. The number of sulfonamides is 1. The molecule has 5 rings (SSSR count). The Morgan fingerprint density at radius 3 is 2.24 bits per heavy atom. The van der Waals surface area contributed by atoms with Crippen LogP contribution in [0.2, 0.25) is 0 Å². The number of nitrogens with zero attached hydrogens (tertiary/aromatic N) is 2. The number of rotatable bonds is 10. The average molecular weight is 550 g/mol. The highest BCUT2D eigenvalue weighted by molar-refractivity contribution is 7.89. The first-order valence-corrected chi connectivity index (χ1v) is 14.3. The SMILES string of the molecule is O=S(=O)(NC[C@H]1CC[C@H](CNc2nc(NC3CC3)c3ccccc3n2)CC1)c1ccccc1OC(F)(F)F. The standard InChI is InChI=1S/C26H30F3N5O3S/c27-26(28,29)37-22-7-3-4-8-23(22)38(35,36)31-16-18-11-9-17(10-12-18)15-30-25-33-21-6-2-1-5-20(21)24(34-25)32-19-13-14-19/h1-8,17-19,31H,9-16H2,(H2,30,32,33,34)/t17-,18-. The van der Waals surface area contributed by atoms with Gasteiger partial charge in [-0.3, -0.25) is 0 Å². The predicted octanol–water partition coefficient (Wildman–Crippen LogP) is 5.30. The molecular formula is C26H30F3N5O3S. The molecule has 12 heteroatoms. The number of ether oxygens (including phenoxy) is 1. The molecule has 1 heterocycles. The van der Waals surface area contributed by atoms with Crippen molar-refractivity contribution in [1.29, 1.82) is 0 Å². The molecule has 0 amide bonds. The smallest absolute Gasteiger partial charge is 0.404 e. The van der Waals surface area contributed by atoms with Gasteiger partial charge in [0.1, 0.15) is 16.5 Å². The van der Waals surface area contributed by atoms with E-state index < -0.39 is 27.0 Å². The molecule has 3 aromatic rings. The van der Waals surface area contributed by atoms with Crippen molar-refractivity contribution in [3.05, 3.63) is 48.5 Å². The van der Waals surface area contributed by atoms with Crippen LogP contribution in [0.1, 0.15) is 38.5 Å². The quantitative estimate of drug-likeness (QED) is 0.315. The number of alkyl halides is 3. The number of anilines is 2. The van der Waals surface area contributed by atoms with Gasteiger partial charge < -0.3 is 15.4 Å². The summed E-state index contributed by atoms with van der Waals surface area (Å²) in [6.45, 7) is 0.870. The number of aromatic nitrogens is 2. The fourth-order valence-electron chi connectivity index (χ4n) is 4.75. The van der Waals surface area contributed by atoms with Gasteiger partial charge in [0.05, 0.1) is 5.52 Å². The van der Waals surface area contributed by atoms with Crippen LogP contribution < -0.4 is 20.1 Å². The van der Waals surface area contributed by atoms with E-state index in [0.29, 0.717) is 24.5 Å². The first-order chi connectivity index (χ1) is 18.2. The van der Waals surface area contributed by atoms with Gasteiger partial charge in [0.25, 0.3) is 0 Å². The lowest BCUT2D eigenvalue weighted by Gasteiger charge is -2.28. The van der Waals surface area contributed by atoms with E-state index in [2.05, 4.69) is 25.1 Å². The van der Waals surface area contributed by atoms with Crippen molar-refractivity contribution in [2.75, 3.05) is 23.7 Å². The minimum atomic E-state index is -4.98. The van der Waals surface area contributed by atoms with Crippen molar-refractivity contribution in [2.24, 2.45) is 11.8 Å². The summed E-state index contributed by atoms with van der Waals surface area (Å²) in [7, 11) is -4.16. The zero-order chi connectivity index (χ0) is 26.8. The second-order valence-corrected chi connectivity index (χ2v) is 11.7. The van der Waals surface area contributed by atoms with Crippen LogP contribution in [0.25, 0.3) is 10.9 Å². The molecule has 2 aliphatic rings. The first kappa shape index (κ1) is 26.5. The highest BCUT2D eigenvalue weighted by atomic mass is 32.2. The van der Waals surface area contributed by atoms with Crippen LogP contribution in [0.3, 0.4) is 0 Å². The number of hydrogen-bond acceptors (Lipinski definition) is 7. The third-order valence-corrected chi connectivity index (χ3v) is 8.43. The van der Waals surface area contributed by atoms with Crippen molar-refractivity contribution < 1.29 is 26.3 Å². The summed E-state index contributed by atoms with van der Waals surface area (Å²) in [4.78, 5) is 8.84. The molecule has 38 heavy (non-hydrogen) atoms. The van der Waals surface area contributed by atoms with Crippen molar-refractivity contribution >= 4 is 32.7 Å².